The van der Waals surface area contributed by atoms with Crippen molar-refractivity contribution < 1.29 is 9.53 Å². The molecule has 0 unspecified atom stereocenters. The number of hydrogen-bond acceptors (Lipinski definition) is 3. The van der Waals surface area contributed by atoms with Crippen LogP contribution >= 0.6 is 0 Å². The molecule has 1 saturated heterocycles. The highest BCUT2D eigenvalue weighted by molar-refractivity contribution is 5.79. The molecular formula is C16H24N2O2. The number of carbonyl (C=O) groups is 1. The molecule has 0 aliphatic carbocycles. The molecule has 1 heterocycles. The number of ether oxygens (including phenoxy) is 1. The van der Waals surface area contributed by atoms with Gasteiger partial charge in [-0.25, -0.2) is 0 Å². The Hall–Kier alpha value is -1.55. The first-order valence-corrected chi connectivity index (χ1v) is 7.40. The Kier molecular flexibility index (Phi) is 5.41. The summed E-state index contributed by atoms with van der Waals surface area (Å²) >= 11 is 0. The fraction of sp³-hybridized carbons (Fsp3) is 0.562. The average Bonchev–Trinajstić information content (AvgIpc) is 2.91. The van der Waals surface area contributed by atoms with Gasteiger partial charge in [0.05, 0.1) is 12.5 Å². The number of amides is 1. The van der Waals surface area contributed by atoms with Gasteiger partial charge in [0.15, 0.2) is 0 Å². The largest absolute Gasteiger partial charge is 0.491 e. The van der Waals surface area contributed by atoms with Crippen molar-refractivity contribution in [3.8, 4) is 5.75 Å². The molecular weight excluding hydrogens is 252 g/mol. The topological polar surface area (TPSA) is 50.4 Å². The standard InChI is InChI=1S/C16H24N2O2/c1-12(2)20-15-8-4-3-6-13(15)10-16(19)18-11-14-7-5-9-17-14/h3-4,6,8,12,14,17H,5,7,9-11H2,1-2H3,(H,18,19)/t14-/m1/s1. The number of benzene rings is 1. The van der Waals surface area contributed by atoms with E-state index in [1.807, 2.05) is 38.1 Å². The monoisotopic (exact) mass is 276 g/mol. The lowest BCUT2D eigenvalue weighted by Gasteiger charge is -2.15. The van der Waals surface area contributed by atoms with E-state index in [2.05, 4.69) is 10.6 Å². The van der Waals surface area contributed by atoms with Gasteiger partial charge in [-0.15, -0.1) is 0 Å². The van der Waals surface area contributed by atoms with E-state index >= 15 is 0 Å². The van der Waals surface area contributed by atoms with Gasteiger partial charge < -0.3 is 15.4 Å². The van der Waals surface area contributed by atoms with Crippen LogP contribution < -0.4 is 15.4 Å². The molecule has 0 spiro atoms. The van der Waals surface area contributed by atoms with E-state index in [1.54, 1.807) is 0 Å². The Morgan fingerprint density at radius 1 is 1.45 bits per heavy atom. The van der Waals surface area contributed by atoms with Crippen molar-refractivity contribution in [2.75, 3.05) is 13.1 Å². The number of hydrogen-bond donors (Lipinski definition) is 2. The molecule has 1 aromatic carbocycles. The summed E-state index contributed by atoms with van der Waals surface area (Å²) in [4.78, 5) is 12.0. The normalized spacial score (nSPS) is 18.2. The average molecular weight is 276 g/mol. The first-order valence-electron chi connectivity index (χ1n) is 7.40. The highest BCUT2D eigenvalue weighted by Crippen LogP contribution is 2.19. The lowest BCUT2D eigenvalue weighted by molar-refractivity contribution is -0.120. The number of carbonyl (C=O) groups excluding carboxylic acids is 1. The molecule has 110 valence electrons. The highest BCUT2D eigenvalue weighted by atomic mass is 16.5. The van der Waals surface area contributed by atoms with E-state index in [0.717, 1.165) is 24.3 Å². The lowest BCUT2D eigenvalue weighted by atomic mass is 10.1. The third kappa shape index (κ3) is 4.53. The molecule has 1 amide bonds. The van der Waals surface area contributed by atoms with Crippen LogP contribution in [-0.2, 0) is 11.2 Å². The maximum absolute atomic E-state index is 12.0. The summed E-state index contributed by atoms with van der Waals surface area (Å²) in [5, 5.41) is 6.37. The second kappa shape index (κ2) is 7.29. The van der Waals surface area contributed by atoms with Gasteiger partial charge in [0.1, 0.15) is 5.75 Å². The fourth-order valence-corrected chi connectivity index (χ4v) is 2.42. The van der Waals surface area contributed by atoms with E-state index in [9.17, 15) is 4.79 Å². The molecule has 20 heavy (non-hydrogen) atoms. The van der Waals surface area contributed by atoms with Gasteiger partial charge in [-0.3, -0.25) is 4.79 Å². The zero-order valence-corrected chi connectivity index (χ0v) is 12.3. The van der Waals surface area contributed by atoms with Crippen molar-refractivity contribution in [1.82, 2.24) is 10.6 Å². The first kappa shape index (κ1) is 14.9. The van der Waals surface area contributed by atoms with Crippen molar-refractivity contribution >= 4 is 5.91 Å². The number of rotatable bonds is 6. The lowest BCUT2D eigenvalue weighted by Crippen LogP contribution is -2.37. The van der Waals surface area contributed by atoms with Crippen molar-refractivity contribution in [3.63, 3.8) is 0 Å². The summed E-state index contributed by atoms with van der Waals surface area (Å²) in [6.07, 6.45) is 2.83. The molecule has 4 heteroatoms. The van der Waals surface area contributed by atoms with Crippen molar-refractivity contribution in [2.45, 2.75) is 45.3 Å². The summed E-state index contributed by atoms with van der Waals surface area (Å²) in [6.45, 7) is 5.75. The summed E-state index contributed by atoms with van der Waals surface area (Å²) in [7, 11) is 0. The van der Waals surface area contributed by atoms with Gasteiger partial charge in [-0.05, 0) is 39.3 Å². The molecule has 2 rings (SSSR count). The zero-order chi connectivity index (χ0) is 14.4. The van der Waals surface area contributed by atoms with Crippen LogP contribution in [0.15, 0.2) is 24.3 Å². The van der Waals surface area contributed by atoms with Gasteiger partial charge in [0.25, 0.3) is 0 Å². The molecule has 1 aromatic rings. The van der Waals surface area contributed by atoms with Gasteiger partial charge in [0, 0.05) is 18.2 Å². The van der Waals surface area contributed by atoms with Crippen molar-refractivity contribution in [3.05, 3.63) is 29.8 Å². The van der Waals surface area contributed by atoms with Gasteiger partial charge in [-0.2, -0.15) is 0 Å². The SMILES string of the molecule is CC(C)Oc1ccccc1CC(=O)NC[C@H]1CCCN1. The molecule has 1 aliphatic rings. The molecule has 4 nitrogen and oxygen atoms in total. The maximum Gasteiger partial charge on any atom is 0.224 e. The molecule has 0 saturated carbocycles. The molecule has 1 aliphatic heterocycles. The van der Waals surface area contributed by atoms with Crippen LogP contribution in [0.5, 0.6) is 5.75 Å². The van der Waals surface area contributed by atoms with Gasteiger partial charge >= 0.3 is 0 Å². The van der Waals surface area contributed by atoms with Crippen LogP contribution in [0.4, 0.5) is 0 Å². The smallest absolute Gasteiger partial charge is 0.224 e. The minimum Gasteiger partial charge on any atom is -0.491 e. The van der Waals surface area contributed by atoms with Crippen molar-refractivity contribution in [2.24, 2.45) is 0 Å². The Balaban J connectivity index is 1.86. The van der Waals surface area contributed by atoms with E-state index in [4.69, 9.17) is 4.74 Å². The Labute approximate surface area is 120 Å². The third-order valence-electron chi connectivity index (χ3n) is 3.39. The highest BCUT2D eigenvalue weighted by Gasteiger charge is 2.15. The van der Waals surface area contributed by atoms with Crippen molar-refractivity contribution in [1.29, 1.82) is 0 Å². The van der Waals surface area contributed by atoms with E-state index in [0.29, 0.717) is 19.0 Å². The summed E-state index contributed by atoms with van der Waals surface area (Å²) < 4.78 is 5.73. The van der Waals surface area contributed by atoms with E-state index in [1.165, 1.54) is 6.42 Å². The van der Waals surface area contributed by atoms with E-state index in [-0.39, 0.29) is 12.0 Å². The summed E-state index contributed by atoms with van der Waals surface area (Å²) in [5.74, 6) is 0.857. The molecule has 0 aromatic heterocycles. The van der Waals surface area contributed by atoms with Gasteiger partial charge in [0.2, 0.25) is 5.91 Å². The maximum atomic E-state index is 12.0. The van der Waals surface area contributed by atoms with Crippen LogP contribution in [0, 0.1) is 0 Å². The predicted molar refractivity (Wildman–Crippen MR) is 79.9 cm³/mol. The molecule has 0 radical (unpaired) electrons. The second-order valence-corrected chi connectivity index (χ2v) is 5.55. The zero-order valence-electron chi connectivity index (χ0n) is 12.3. The summed E-state index contributed by atoms with van der Waals surface area (Å²) in [5.41, 5.74) is 0.943. The number of nitrogens with one attached hydrogen (secondary N) is 2. The fourth-order valence-electron chi connectivity index (χ4n) is 2.42. The number of para-hydroxylation sites is 1. The van der Waals surface area contributed by atoms with Crippen LogP contribution in [0.25, 0.3) is 0 Å². The van der Waals surface area contributed by atoms with Crippen LogP contribution in [-0.4, -0.2) is 31.1 Å². The molecule has 2 N–H and O–H groups in total. The predicted octanol–water partition coefficient (Wildman–Crippen LogP) is 1.88. The minimum atomic E-state index is 0.0542. The Morgan fingerprint density at radius 3 is 2.95 bits per heavy atom. The van der Waals surface area contributed by atoms with E-state index < -0.39 is 0 Å². The first-order chi connectivity index (χ1) is 9.65. The van der Waals surface area contributed by atoms with Crippen LogP contribution in [0.2, 0.25) is 0 Å². The van der Waals surface area contributed by atoms with Gasteiger partial charge in [-0.1, -0.05) is 18.2 Å². The van der Waals surface area contributed by atoms with Crippen LogP contribution in [0.3, 0.4) is 0 Å². The molecule has 1 fully saturated rings. The quantitative estimate of drug-likeness (QED) is 0.834. The van der Waals surface area contributed by atoms with Crippen LogP contribution in [0.1, 0.15) is 32.3 Å². The Morgan fingerprint density at radius 2 is 2.25 bits per heavy atom. The second-order valence-electron chi connectivity index (χ2n) is 5.55. The Bertz CT molecular complexity index is 440. The molecule has 1 atom stereocenters. The molecule has 0 bridgehead atoms. The third-order valence-corrected chi connectivity index (χ3v) is 3.39. The minimum absolute atomic E-state index is 0.0542. The summed E-state index contributed by atoms with van der Waals surface area (Å²) in [6, 6.07) is 8.17.